The fourth-order valence-electron chi connectivity index (χ4n) is 2.57. The molecule has 2 aliphatic heterocycles. The summed E-state index contributed by atoms with van der Waals surface area (Å²) in [6, 6.07) is 0. The van der Waals surface area contributed by atoms with E-state index in [9.17, 15) is 0 Å². The minimum atomic E-state index is -0.523. The summed E-state index contributed by atoms with van der Waals surface area (Å²) in [6.07, 6.45) is 2.57. The van der Waals surface area contributed by atoms with Crippen LogP contribution in [-0.2, 0) is 14.2 Å². The van der Waals surface area contributed by atoms with Crippen molar-refractivity contribution < 1.29 is 14.2 Å². The van der Waals surface area contributed by atoms with Crippen molar-refractivity contribution in [1.29, 1.82) is 0 Å². The van der Waals surface area contributed by atoms with E-state index >= 15 is 0 Å². The van der Waals surface area contributed by atoms with Gasteiger partial charge in [0.25, 0.3) is 0 Å². The summed E-state index contributed by atoms with van der Waals surface area (Å²) in [4.78, 5) is 0. The summed E-state index contributed by atoms with van der Waals surface area (Å²) in [5.74, 6) is -0.239. The smallest absolute Gasteiger partial charge is 0.188 e. The molecule has 0 spiro atoms. The first-order valence-electron chi connectivity index (χ1n) is 5.61. The zero-order valence-corrected chi connectivity index (χ0v) is 9.95. The molecule has 2 rings (SSSR count). The Morgan fingerprint density at radius 3 is 2.40 bits per heavy atom. The van der Waals surface area contributed by atoms with Crippen molar-refractivity contribution in [3.05, 3.63) is 12.7 Å². The maximum absolute atomic E-state index is 5.95. The third-order valence-corrected chi connectivity index (χ3v) is 3.59. The Morgan fingerprint density at radius 2 is 1.93 bits per heavy atom. The maximum Gasteiger partial charge on any atom is 0.188 e. The molecule has 0 N–H and O–H groups in total. The van der Waals surface area contributed by atoms with Crippen molar-refractivity contribution in [2.75, 3.05) is 0 Å². The highest BCUT2D eigenvalue weighted by molar-refractivity contribution is 5.09. The van der Waals surface area contributed by atoms with Gasteiger partial charge in [0, 0.05) is 5.92 Å². The van der Waals surface area contributed by atoms with Gasteiger partial charge in [-0.15, -0.1) is 6.58 Å². The molecule has 0 bridgehead atoms. The largest absolute Gasteiger partial charge is 0.341 e. The quantitative estimate of drug-likeness (QED) is 0.658. The van der Waals surface area contributed by atoms with Gasteiger partial charge in [-0.3, -0.25) is 0 Å². The van der Waals surface area contributed by atoms with Crippen LogP contribution in [0.4, 0.5) is 0 Å². The van der Waals surface area contributed by atoms with Gasteiger partial charge >= 0.3 is 0 Å². The van der Waals surface area contributed by atoms with Gasteiger partial charge < -0.3 is 14.2 Å². The van der Waals surface area contributed by atoms with Crippen LogP contribution >= 0.6 is 0 Å². The van der Waals surface area contributed by atoms with Crippen LogP contribution in [-0.4, -0.2) is 23.8 Å². The molecule has 2 fully saturated rings. The van der Waals surface area contributed by atoms with Gasteiger partial charge in [0.1, 0.15) is 6.10 Å². The average molecular weight is 212 g/mol. The minimum Gasteiger partial charge on any atom is -0.341 e. The molecule has 15 heavy (non-hydrogen) atoms. The highest BCUT2D eigenvalue weighted by Gasteiger charge is 2.57. The van der Waals surface area contributed by atoms with E-state index < -0.39 is 5.79 Å². The lowest BCUT2D eigenvalue weighted by molar-refractivity contribution is -0.223. The zero-order valence-electron chi connectivity index (χ0n) is 9.95. The second-order valence-electron chi connectivity index (χ2n) is 4.89. The van der Waals surface area contributed by atoms with E-state index in [4.69, 9.17) is 14.2 Å². The van der Waals surface area contributed by atoms with Gasteiger partial charge in [0.15, 0.2) is 12.1 Å². The van der Waals surface area contributed by atoms with Crippen molar-refractivity contribution in [3.63, 3.8) is 0 Å². The molecule has 4 unspecified atom stereocenters. The molecule has 0 aliphatic carbocycles. The van der Waals surface area contributed by atoms with Crippen LogP contribution in [0.1, 0.15) is 34.1 Å². The van der Waals surface area contributed by atoms with Crippen molar-refractivity contribution in [1.82, 2.24) is 0 Å². The van der Waals surface area contributed by atoms with E-state index in [0.717, 1.165) is 6.42 Å². The highest BCUT2D eigenvalue weighted by atomic mass is 16.8. The van der Waals surface area contributed by atoms with E-state index in [0.29, 0.717) is 0 Å². The van der Waals surface area contributed by atoms with Gasteiger partial charge in [-0.05, 0) is 20.3 Å². The fraction of sp³-hybridized carbons (Fsp3) is 0.833. The topological polar surface area (TPSA) is 27.7 Å². The predicted molar refractivity (Wildman–Crippen MR) is 57.3 cm³/mol. The van der Waals surface area contributed by atoms with Gasteiger partial charge in [-0.1, -0.05) is 19.9 Å². The maximum atomic E-state index is 5.95. The molecule has 0 aromatic heterocycles. The lowest BCUT2D eigenvalue weighted by atomic mass is 9.85. The fourth-order valence-corrected chi connectivity index (χ4v) is 2.57. The molecule has 3 nitrogen and oxygen atoms in total. The normalized spacial score (nSPS) is 47.9. The Morgan fingerprint density at radius 1 is 1.27 bits per heavy atom. The van der Waals surface area contributed by atoms with Gasteiger partial charge in [-0.25, -0.2) is 0 Å². The molecule has 86 valence electrons. The van der Waals surface area contributed by atoms with Crippen molar-refractivity contribution in [3.8, 4) is 0 Å². The molecule has 0 amide bonds. The Bertz CT molecular complexity index is 274. The predicted octanol–water partition coefficient (Wildman–Crippen LogP) is 2.47. The Hall–Kier alpha value is -0.380. The van der Waals surface area contributed by atoms with Gasteiger partial charge in [-0.2, -0.15) is 0 Å². The Labute approximate surface area is 91.4 Å². The first kappa shape index (κ1) is 11.1. The van der Waals surface area contributed by atoms with Crippen LogP contribution in [0, 0.1) is 5.92 Å². The molecule has 4 atom stereocenters. The third-order valence-electron chi connectivity index (χ3n) is 3.59. The number of hydrogen-bond donors (Lipinski definition) is 0. The summed E-state index contributed by atoms with van der Waals surface area (Å²) in [5.41, 5.74) is -0.286. The molecule has 3 heteroatoms. The third kappa shape index (κ3) is 1.53. The van der Waals surface area contributed by atoms with Gasteiger partial charge in [0.2, 0.25) is 0 Å². The van der Waals surface area contributed by atoms with E-state index in [-0.39, 0.29) is 23.9 Å². The summed E-state index contributed by atoms with van der Waals surface area (Å²) in [7, 11) is 0. The number of fused-ring (bicyclic) bond motifs is 1. The lowest BCUT2D eigenvalue weighted by Crippen LogP contribution is -2.37. The second kappa shape index (κ2) is 3.30. The van der Waals surface area contributed by atoms with Crippen LogP contribution in [0.25, 0.3) is 0 Å². The monoisotopic (exact) mass is 212 g/mol. The van der Waals surface area contributed by atoms with Crippen LogP contribution in [0.2, 0.25) is 0 Å². The molecular formula is C12H20O3. The molecule has 0 radical (unpaired) electrons. The molecular weight excluding hydrogens is 192 g/mol. The van der Waals surface area contributed by atoms with E-state index in [1.807, 2.05) is 19.9 Å². The van der Waals surface area contributed by atoms with E-state index in [2.05, 4.69) is 20.4 Å². The molecule has 2 heterocycles. The van der Waals surface area contributed by atoms with Gasteiger partial charge in [0.05, 0.1) is 5.60 Å². The summed E-state index contributed by atoms with van der Waals surface area (Å²) >= 11 is 0. The SMILES string of the molecule is C=CC1(CC)OC2OC(C)(C)OC2C1C. The van der Waals surface area contributed by atoms with Crippen molar-refractivity contribution in [2.24, 2.45) is 5.92 Å². The van der Waals surface area contributed by atoms with Crippen LogP contribution < -0.4 is 0 Å². The molecule has 0 aromatic rings. The van der Waals surface area contributed by atoms with Crippen molar-refractivity contribution >= 4 is 0 Å². The first-order chi connectivity index (χ1) is 6.94. The number of hydrogen-bond acceptors (Lipinski definition) is 3. The van der Waals surface area contributed by atoms with Crippen LogP contribution in [0.5, 0.6) is 0 Å². The zero-order chi connectivity index (χ0) is 11.3. The number of ether oxygens (including phenoxy) is 3. The summed E-state index contributed by atoms with van der Waals surface area (Å²) in [5, 5.41) is 0. The van der Waals surface area contributed by atoms with Crippen LogP contribution in [0.3, 0.4) is 0 Å². The Balaban J connectivity index is 2.21. The Kier molecular flexibility index (Phi) is 2.45. The standard InChI is InChI=1S/C12H20O3/c1-6-12(7-2)8(3)9-10(15-12)14-11(4,5)13-9/h6,8-10H,1,7H2,2-5H3. The first-order valence-corrected chi connectivity index (χ1v) is 5.61. The van der Waals surface area contributed by atoms with E-state index in [1.54, 1.807) is 0 Å². The lowest BCUT2D eigenvalue weighted by Gasteiger charge is -2.31. The summed E-state index contributed by atoms with van der Waals surface area (Å²) < 4.78 is 17.5. The highest BCUT2D eigenvalue weighted by Crippen LogP contribution is 2.47. The molecule has 0 aromatic carbocycles. The van der Waals surface area contributed by atoms with E-state index in [1.165, 1.54) is 0 Å². The molecule has 2 saturated heterocycles. The average Bonchev–Trinajstić information content (AvgIpc) is 2.59. The minimum absolute atomic E-state index is 0.0259. The van der Waals surface area contributed by atoms with Crippen LogP contribution in [0.15, 0.2) is 12.7 Å². The molecule has 0 saturated carbocycles. The molecule has 2 aliphatic rings. The second-order valence-corrected chi connectivity index (χ2v) is 4.89. The number of rotatable bonds is 2. The van der Waals surface area contributed by atoms with Crippen molar-refractivity contribution in [2.45, 2.75) is 57.9 Å². The summed E-state index contributed by atoms with van der Waals surface area (Å²) in [6.45, 7) is 11.9.